The highest BCUT2D eigenvalue weighted by molar-refractivity contribution is 5.94. The largest absolute Gasteiger partial charge is 0.506 e. The zero-order valence-corrected chi connectivity index (χ0v) is 11.0. The van der Waals surface area contributed by atoms with Crippen LogP contribution in [-0.4, -0.2) is 34.8 Å². The number of benzene rings is 1. The van der Waals surface area contributed by atoms with Gasteiger partial charge in [0, 0.05) is 13.0 Å². The van der Waals surface area contributed by atoms with Crippen molar-refractivity contribution < 1.29 is 24.5 Å². The number of carboxylic acids is 1. The third-order valence-corrected chi connectivity index (χ3v) is 3.24. The molecule has 1 unspecified atom stereocenters. The van der Waals surface area contributed by atoms with Crippen molar-refractivity contribution in [3.63, 3.8) is 0 Å². The summed E-state index contributed by atoms with van der Waals surface area (Å²) in [7, 11) is 0. The Labute approximate surface area is 116 Å². The van der Waals surface area contributed by atoms with Gasteiger partial charge in [-0.2, -0.15) is 0 Å². The molecule has 2 rings (SSSR count). The number of aromatic carboxylic acids is 1. The van der Waals surface area contributed by atoms with Gasteiger partial charge < -0.3 is 20.3 Å². The van der Waals surface area contributed by atoms with E-state index in [-0.39, 0.29) is 29.0 Å². The molecule has 0 radical (unpaired) electrons. The summed E-state index contributed by atoms with van der Waals surface area (Å²) in [6, 6.07) is 3.82. The van der Waals surface area contributed by atoms with Crippen molar-refractivity contribution in [2.45, 2.75) is 31.8 Å². The third kappa shape index (κ3) is 3.71. The average Bonchev–Trinajstić information content (AvgIpc) is 2.91. The molecule has 3 N–H and O–H groups in total. The molecule has 108 valence electrons. The number of carboxylic acid groups (broad SMARTS) is 1. The van der Waals surface area contributed by atoms with Crippen molar-refractivity contribution in [1.82, 2.24) is 0 Å². The molecule has 1 amide bonds. The first-order valence-electron chi connectivity index (χ1n) is 6.54. The van der Waals surface area contributed by atoms with Gasteiger partial charge in [0.15, 0.2) is 0 Å². The maximum Gasteiger partial charge on any atom is 0.335 e. The quantitative estimate of drug-likeness (QED) is 0.716. The van der Waals surface area contributed by atoms with Crippen molar-refractivity contribution in [1.29, 1.82) is 0 Å². The molecule has 0 aromatic heterocycles. The Balaban J connectivity index is 1.88. The molecule has 0 saturated carbocycles. The smallest absolute Gasteiger partial charge is 0.335 e. The summed E-state index contributed by atoms with van der Waals surface area (Å²) in [6.07, 6.45) is 3.11. The van der Waals surface area contributed by atoms with Gasteiger partial charge in [-0.15, -0.1) is 0 Å². The van der Waals surface area contributed by atoms with E-state index in [1.165, 1.54) is 12.1 Å². The molecular weight excluding hydrogens is 262 g/mol. The fraction of sp³-hybridized carbons (Fsp3) is 0.429. The van der Waals surface area contributed by atoms with Crippen LogP contribution < -0.4 is 5.32 Å². The van der Waals surface area contributed by atoms with Crippen molar-refractivity contribution in [3.05, 3.63) is 23.8 Å². The zero-order chi connectivity index (χ0) is 14.5. The first-order chi connectivity index (χ1) is 9.56. The molecule has 1 fully saturated rings. The fourth-order valence-corrected chi connectivity index (χ4v) is 2.15. The van der Waals surface area contributed by atoms with Gasteiger partial charge in [-0.05, 0) is 37.5 Å². The standard InChI is InChI=1S/C14H17NO5/c16-12-8-9(14(18)19)3-5-11(12)15-13(17)6-4-10-2-1-7-20-10/h3,5,8,10,16H,1-2,4,6-7H2,(H,15,17)(H,18,19). The van der Waals surface area contributed by atoms with Crippen LogP contribution in [0.2, 0.25) is 0 Å². The lowest BCUT2D eigenvalue weighted by atomic mass is 10.1. The number of rotatable bonds is 5. The number of anilines is 1. The maximum atomic E-state index is 11.7. The Morgan fingerprint density at radius 2 is 2.20 bits per heavy atom. The molecule has 1 aliphatic rings. The van der Waals surface area contributed by atoms with Crippen molar-refractivity contribution >= 4 is 17.6 Å². The van der Waals surface area contributed by atoms with Crippen molar-refractivity contribution in [2.75, 3.05) is 11.9 Å². The molecule has 6 nitrogen and oxygen atoms in total. The topological polar surface area (TPSA) is 95.9 Å². The van der Waals surface area contributed by atoms with Crippen molar-refractivity contribution in [2.24, 2.45) is 0 Å². The summed E-state index contributed by atoms with van der Waals surface area (Å²) >= 11 is 0. The minimum Gasteiger partial charge on any atom is -0.506 e. The third-order valence-electron chi connectivity index (χ3n) is 3.24. The molecule has 20 heavy (non-hydrogen) atoms. The summed E-state index contributed by atoms with van der Waals surface area (Å²) in [5.41, 5.74) is 0.187. The van der Waals surface area contributed by atoms with E-state index in [0.29, 0.717) is 12.8 Å². The fourth-order valence-electron chi connectivity index (χ4n) is 2.15. The van der Waals surface area contributed by atoms with Gasteiger partial charge in [0.2, 0.25) is 5.91 Å². The number of carbonyl (C=O) groups excluding carboxylic acids is 1. The van der Waals surface area contributed by atoms with E-state index < -0.39 is 5.97 Å². The van der Waals surface area contributed by atoms with Crippen LogP contribution >= 0.6 is 0 Å². The minimum absolute atomic E-state index is 0.0279. The zero-order valence-electron chi connectivity index (χ0n) is 11.0. The second kappa shape index (κ2) is 6.38. The van der Waals surface area contributed by atoms with Crippen LogP contribution in [0.5, 0.6) is 5.75 Å². The van der Waals surface area contributed by atoms with Crippen LogP contribution in [0.1, 0.15) is 36.0 Å². The number of phenolic OH excluding ortho intramolecular Hbond substituents is 1. The number of carbonyl (C=O) groups is 2. The highest BCUT2D eigenvalue weighted by Crippen LogP contribution is 2.25. The Kier molecular flexibility index (Phi) is 4.57. The van der Waals surface area contributed by atoms with Crippen LogP contribution in [0.15, 0.2) is 18.2 Å². The molecule has 1 saturated heterocycles. The summed E-state index contributed by atoms with van der Waals surface area (Å²) in [5, 5.41) is 21.0. The van der Waals surface area contributed by atoms with Crippen molar-refractivity contribution in [3.8, 4) is 5.75 Å². The van der Waals surface area contributed by atoms with E-state index in [1.54, 1.807) is 0 Å². The highest BCUT2D eigenvalue weighted by atomic mass is 16.5. The van der Waals surface area contributed by atoms with E-state index in [2.05, 4.69) is 5.32 Å². The van der Waals surface area contributed by atoms with Crippen LogP contribution in [0, 0.1) is 0 Å². The Morgan fingerprint density at radius 1 is 1.40 bits per heavy atom. The summed E-state index contributed by atoms with van der Waals surface area (Å²) < 4.78 is 5.42. The van der Waals surface area contributed by atoms with Gasteiger partial charge in [-0.3, -0.25) is 4.79 Å². The number of aromatic hydroxyl groups is 1. The van der Waals surface area contributed by atoms with E-state index in [4.69, 9.17) is 9.84 Å². The number of ether oxygens (including phenoxy) is 1. The second-order valence-corrected chi connectivity index (χ2v) is 4.76. The Hall–Kier alpha value is -2.08. The van der Waals surface area contributed by atoms with Gasteiger partial charge >= 0.3 is 5.97 Å². The predicted octanol–water partition coefficient (Wildman–Crippen LogP) is 1.99. The monoisotopic (exact) mass is 279 g/mol. The first-order valence-corrected chi connectivity index (χ1v) is 6.54. The van der Waals surface area contributed by atoms with E-state index in [0.717, 1.165) is 25.5 Å². The summed E-state index contributed by atoms with van der Waals surface area (Å²) in [6.45, 7) is 0.754. The highest BCUT2D eigenvalue weighted by Gasteiger charge is 2.17. The van der Waals surface area contributed by atoms with Gasteiger partial charge in [0.05, 0.1) is 17.4 Å². The molecule has 1 aromatic carbocycles. The molecule has 6 heteroatoms. The normalized spacial score (nSPS) is 17.9. The van der Waals surface area contributed by atoms with Gasteiger partial charge in [0.25, 0.3) is 0 Å². The number of nitrogens with one attached hydrogen (secondary N) is 1. The molecule has 0 spiro atoms. The number of hydrogen-bond donors (Lipinski definition) is 3. The lowest BCUT2D eigenvalue weighted by Gasteiger charge is -2.10. The maximum absolute atomic E-state index is 11.7. The van der Waals surface area contributed by atoms with E-state index in [1.807, 2.05) is 0 Å². The number of phenols is 1. The lowest BCUT2D eigenvalue weighted by Crippen LogP contribution is -2.15. The van der Waals surface area contributed by atoms with E-state index in [9.17, 15) is 14.7 Å². The average molecular weight is 279 g/mol. The molecular formula is C14H17NO5. The van der Waals surface area contributed by atoms with Gasteiger partial charge in [-0.1, -0.05) is 0 Å². The van der Waals surface area contributed by atoms with Crippen LogP contribution in [0.25, 0.3) is 0 Å². The first kappa shape index (κ1) is 14.3. The predicted molar refractivity (Wildman–Crippen MR) is 71.9 cm³/mol. The van der Waals surface area contributed by atoms with Crippen LogP contribution in [0.4, 0.5) is 5.69 Å². The Bertz CT molecular complexity index is 508. The lowest BCUT2D eigenvalue weighted by molar-refractivity contribution is -0.116. The minimum atomic E-state index is -1.13. The molecule has 1 atom stereocenters. The molecule has 0 aliphatic carbocycles. The molecule has 1 aromatic rings. The second-order valence-electron chi connectivity index (χ2n) is 4.76. The number of hydrogen-bond acceptors (Lipinski definition) is 4. The SMILES string of the molecule is O=C(CCC1CCCO1)Nc1ccc(C(=O)O)cc1O. The molecule has 1 aliphatic heterocycles. The summed E-state index contributed by atoms with van der Waals surface area (Å²) in [4.78, 5) is 22.5. The van der Waals surface area contributed by atoms with Gasteiger partial charge in [-0.25, -0.2) is 4.79 Å². The molecule has 0 bridgehead atoms. The van der Waals surface area contributed by atoms with Gasteiger partial charge in [0.1, 0.15) is 5.75 Å². The van der Waals surface area contributed by atoms with E-state index >= 15 is 0 Å². The molecule has 1 heterocycles. The van der Waals surface area contributed by atoms with Crippen LogP contribution in [-0.2, 0) is 9.53 Å². The number of amides is 1. The van der Waals surface area contributed by atoms with Crippen LogP contribution in [0.3, 0.4) is 0 Å². The Morgan fingerprint density at radius 3 is 2.80 bits per heavy atom. The summed E-state index contributed by atoms with van der Waals surface area (Å²) in [5.74, 6) is -1.61.